The Morgan fingerprint density at radius 2 is 1.97 bits per heavy atom. The molecule has 1 heterocycles. The third-order valence-electron chi connectivity index (χ3n) is 5.35. The number of amides is 1. The van der Waals surface area contributed by atoms with Gasteiger partial charge in [0.25, 0.3) is 0 Å². The van der Waals surface area contributed by atoms with E-state index in [1.165, 1.54) is 13.2 Å². The van der Waals surface area contributed by atoms with Crippen molar-refractivity contribution >= 4 is 5.91 Å². The molecule has 0 saturated heterocycles. The first kappa shape index (κ1) is 20.8. The number of benzene rings is 2. The largest absolute Gasteiger partial charge is 0.493 e. The molecule has 1 fully saturated rings. The fourth-order valence-corrected chi connectivity index (χ4v) is 3.56. The highest BCUT2D eigenvalue weighted by atomic mass is 19.3. The molecule has 1 amide bonds. The van der Waals surface area contributed by atoms with E-state index in [4.69, 9.17) is 4.74 Å². The Hall–Kier alpha value is -3.49. The van der Waals surface area contributed by atoms with E-state index < -0.39 is 6.61 Å². The molecule has 162 valence electrons. The average Bonchev–Trinajstić information content (AvgIpc) is 3.22. The summed E-state index contributed by atoms with van der Waals surface area (Å²) < 4.78 is 36.2. The SMILES string of the molecule is COc1cc(CNC(=O)C2CC(n3cc(-c4ccccc4)nn3)C2)ccc1OC(F)F. The van der Waals surface area contributed by atoms with Gasteiger partial charge in [-0.3, -0.25) is 4.79 Å². The second kappa shape index (κ2) is 9.11. The number of halogens is 2. The van der Waals surface area contributed by atoms with Gasteiger partial charge in [0.15, 0.2) is 11.5 Å². The lowest BCUT2D eigenvalue weighted by atomic mass is 9.79. The third kappa shape index (κ3) is 4.82. The zero-order valence-electron chi connectivity index (χ0n) is 16.9. The van der Waals surface area contributed by atoms with Crippen molar-refractivity contribution in [3.8, 4) is 22.8 Å². The Morgan fingerprint density at radius 3 is 2.68 bits per heavy atom. The number of aromatic nitrogens is 3. The van der Waals surface area contributed by atoms with Crippen LogP contribution in [0.4, 0.5) is 8.78 Å². The molecule has 31 heavy (non-hydrogen) atoms. The van der Waals surface area contributed by atoms with Crippen molar-refractivity contribution in [3.63, 3.8) is 0 Å². The minimum Gasteiger partial charge on any atom is -0.493 e. The maximum atomic E-state index is 12.5. The van der Waals surface area contributed by atoms with Gasteiger partial charge in [-0.1, -0.05) is 41.6 Å². The highest BCUT2D eigenvalue weighted by Crippen LogP contribution is 2.38. The Balaban J connectivity index is 1.28. The molecule has 4 rings (SSSR count). The molecule has 1 aromatic heterocycles. The molecule has 1 aliphatic rings. The Bertz CT molecular complexity index is 1040. The second-order valence-corrected chi connectivity index (χ2v) is 7.35. The van der Waals surface area contributed by atoms with Crippen molar-refractivity contribution in [3.05, 3.63) is 60.3 Å². The standard InChI is InChI=1S/C22H22F2N4O3/c1-30-20-9-14(7-8-19(20)31-22(23)24)12-25-21(29)16-10-17(11-16)28-13-18(26-27-28)15-5-3-2-4-6-15/h2-9,13,16-17,22H,10-12H2,1H3,(H,25,29). The molecule has 1 N–H and O–H groups in total. The van der Waals surface area contributed by atoms with E-state index in [9.17, 15) is 13.6 Å². The molecule has 2 aromatic carbocycles. The lowest BCUT2D eigenvalue weighted by Gasteiger charge is -2.33. The van der Waals surface area contributed by atoms with Crippen molar-refractivity contribution in [2.24, 2.45) is 5.92 Å². The van der Waals surface area contributed by atoms with E-state index in [-0.39, 0.29) is 35.9 Å². The van der Waals surface area contributed by atoms with E-state index in [0.717, 1.165) is 16.8 Å². The monoisotopic (exact) mass is 428 g/mol. The number of ether oxygens (including phenoxy) is 2. The first-order valence-corrected chi connectivity index (χ1v) is 9.90. The molecule has 1 saturated carbocycles. The van der Waals surface area contributed by atoms with Crippen molar-refractivity contribution in [2.75, 3.05) is 7.11 Å². The topological polar surface area (TPSA) is 78.3 Å². The number of hydrogen-bond acceptors (Lipinski definition) is 5. The van der Waals surface area contributed by atoms with E-state index in [2.05, 4.69) is 20.4 Å². The van der Waals surface area contributed by atoms with Crippen LogP contribution in [0.25, 0.3) is 11.3 Å². The molecule has 9 heteroatoms. The van der Waals surface area contributed by atoms with Gasteiger partial charge >= 0.3 is 6.61 Å². The third-order valence-corrected chi connectivity index (χ3v) is 5.35. The lowest BCUT2D eigenvalue weighted by molar-refractivity contribution is -0.129. The molecule has 3 aromatic rings. The smallest absolute Gasteiger partial charge is 0.387 e. The fourth-order valence-electron chi connectivity index (χ4n) is 3.56. The number of hydrogen-bond donors (Lipinski definition) is 1. The molecular formula is C22H22F2N4O3. The predicted octanol–water partition coefficient (Wildman–Crippen LogP) is 3.82. The molecule has 0 bridgehead atoms. The molecular weight excluding hydrogens is 406 g/mol. The molecule has 7 nitrogen and oxygen atoms in total. The normalized spacial score (nSPS) is 17.8. The Kier molecular flexibility index (Phi) is 6.11. The Labute approximate surface area is 178 Å². The van der Waals surface area contributed by atoms with Crippen LogP contribution in [-0.2, 0) is 11.3 Å². The highest BCUT2D eigenvalue weighted by Gasteiger charge is 2.36. The Morgan fingerprint density at radius 1 is 1.19 bits per heavy atom. The van der Waals surface area contributed by atoms with E-state index in [1.807, 2.05) is 41.2 Å². The van der Waals surface area contributed by atoms with Crippen LogP contribution in [0.5, 0.6) is 11.5 Å². The molecule has 0 spiro atoms. The van der Waals surface area contributed by atoms with Crippen LogP contribution >= 0.6 is 0 Å². The highest BCUT2D eigenvalue weighted by molar-refractivity contribution is 5.79. The number of carbonyl (C=O) groups is 1. The first-order valence-electron chi connectivity index (χ1n) is 9.90. The van der Waals surface area contributed by atoms with Crippen molar-refractivity contribution in [1.29, 1.82) is 0 Å². The van der Waals surface area contributed by atoms with Crippen LogP contribution in [0.1, 0.15) is 24.4 Å². The summed E-state index contributed by atoms with van der Waals surface area (Å²) in [7, 11) is 1.37. The molecule has 0 atom stereocenters. The van der Waals surface area contributed by atoms with Crippen LogP contribution in [0.15, 0.2) is 54.7 Å². The summed E-state index contributed by atoms with van der Waals surface area (Å²) in [5, 5.41) is 11.3. The molecule has 0 radical (unpaired) electrons. The van der Waals surface area contributed by atoms with Crippen molar-refractivity contribution in [2.45, 2.75) is 32.0 Å². The van der Waals surface area contributed by atoms with Crippen LogP contribution in [0.3, 0.4) is 0 Å². The van der Waals surface area contributed by atoms with E-state index in [0.29, 0.717) is 12.8 Å². The summed E-state index contributed by atoms with van der Waals surface area (Å²) in [5.74, 6) is -0.00231. The van der Waals surface area contributed by atoms with Gasteiger partial charge in [-0.2, -0.15) is 8.78 Å². The average molecular weight is 428 g/mol. The minimum atomic E-state index is -2.93. The number of alkyl halides is 2. The van der Waals surface area contributed by atoms with Gasteiger partial charge in [-0.15, -0.1) is 5.10 Å². The molecule has 0 unspecified atom stereocenters. The van der Waals surface area contributed by atoms with Gasteiger partial charge in [0.05, 0.1) is 19.3 Å². The quantitative estimate of drug-likeness (QED) is 0.590. The van der Waals surface area contributed by atoms with Gasteiger partial charge in [-0.25, -0.2) is 4.68 Å². The zero-order valence-corrected chi connectivity index (χ0v) is 16.9. The molecule has 1 aliphatic carbocycles. The first-order chi connectivity index (χ1) is 15.0. The van der Waals surface area contributed by atoms with Crippen LogP contribution in [0, 0.1) is 5.92 Å². The lowest BCUT2D eigenvalue weighted by Crippen LogP contribution is -2.39. The van der Waals surface area contributed by atoms with Gasteiger partial charge in [0.1, 0.15) is 5.69 Å². The number of rotatable bonds is 8. The number of methoxy groups -OCH3 is 1. The summed E-state index contributed by atoms with van der Waals surface area (Å²) >= 11 is 0. The van der Waals surface area contributed by atoms with Gasteiger partial charge in [0.2, 0.25) is 5.91 Å². The summed E-state index contributed by atoms with van der Waals surface area (Å²) in [6.07, 6.45) is 3.28. The summed E-state index contributed by atoms with van der Waals surface area (Å²) in [5.41, 5.74) is 2.54. The maximum Gasteiger partial charge on any atom is 0.387 e. The van der Waals surface area contributed by atoms with Gasteiger partial charge < -0.3 is 14.8 Å². The van der Waals surface area contributed by atoms with E-state index in [1.54, 1.807) is 12.1 Å². The number of carbonyl (C=O) groups excluding carboxylic acids is 1. The van der Waals surface area contributed by atoms with Crippen LogP contribution in [0.2, 0.25) is 0 Å². The van der Waals surface area contributed by atoms with Crippen molar-refractivity contribution < 1.29 is 23.0 Å². The maximum absolute atomic E-state index is 12.5. The summed E-state index contributed by atoms with van der Waals surface area (Å²) in [4.78, 5) is 12.5. The van der Waals surface area contributed by atoms with E-state index >= 15 is 0 Å². The second-order valence-electron chi connectivity index (χ2n) is 7.35. The van der Waals surface area contributed by atoms with Gasteiger partial charge in [0, 0.05) is 18.0 Å². The van der Waals surface area contributed by atoms with Gasteiger partial charge in [-0.05, 0) is 30.5 Å². The van der Waals surface area contributed by atoms with Crippen molar-refractivity contribution in [1.82, 2.24) is 20.3 Å². The summed E-state index contributed by atoms with van der Waals surface area (Å²) in [6, 6.07) is 14.5. The number of nitrogens with zero attached hydrogens (tertiary/aromatic N) is 3. The predicted molar refractivity (Wildman–Crippen MR) is 109 cm³/mol. The van der Waals surface area contributed by atoms with Crippen LogP contribution < -0.4 is 14.8 Å². The number of nitrogens with one attached hydrogen (secondary N) is 1. The zero-order chi connectivity index (χ0) is 21.8. The fraction of sp³-hybridized carbons (Fsp3) is 0.318. The molecule has 0 aliphatic heterocycles. The minimum absolute atomic E-state index is 0.0443. The summed E-state index contributed by atoms with van der Waals surface area (Å²) in [6.45, 7) is -2.66. The van der Waals surface area contributed by atoms with Crippen LogP contribution in [-0.4, -0.2) is 34.6 Å².